The molecule has 0 bridgehead atoms. The summed E-state index contributed by atoms with van der Waals surface area (Å²) >= 11 is 0. The lowest BCUT2D eigenvalue weighted by atomic mass is 9.68. The monoisotopic (exact) mass is 536 g/mol. The van der Waals surface area contributed by atoms with E-state index >= 15 is 0 Å². The van der Waals surface area contributed by atoms with Gasteiger partial charge in [-0.3, -0.25) is 14.4 Å². The first kappa shape index (κ1) is 26.7. The molecule has 8 heteroatoms. The van der Waals surface area contributed by atoms with Crippen molar-refractivity contribution in [3.63, 3.8) is 0 Å². The standard InChI is InChI=1S/C32H28N2O6/c1-4-39-31(37)32(19-33)27-18-13-21-7-5-6-8-26(21)34(27)29(28(32)22-9-14-24(38-3)15-10-22)30(36)23-11-16-25(17-12-23)40-20(2)35/h5-18,27-29H,4H2,1-3H3/t27-,28-,29+,32-/m1/s1. The Morgan fingerprint density at radius 1 is 0.975 bits per heavy atom. The van der Waals surface area contributed by atoms with Crippen LogP contribution in [0, 0.1) is 16.7 Å². The Bertz CT molecular complexity index is 1520. The minimum atomic E-state index is -1.73. The van der Waals surface area contributed by atoms with Crippen LogP contribution in [0.2, 0.25) is 0 Å². The van der Waals surface area contributed by atoms with Gasteiger partial charge in [-0.1, -0.05) is 42.5 Å². The number of nitriles is 1. The molecular weight excluding hydrogens is 508 g/mol. The number of benzene rings is 3. The Balaban J connectivity index is 1.74. The molecule has 0 unspecified atom stereocenters. The lowest BCUT2D eigenvalue weighted by Crippen LogP contribution is -2.47. The van der Waals surface area contributed by atoms with Gasteiger partial charge in [0.2, 0.25) is 0 Å². The zero-order chi connectivity index (χ0) is 28.4. The number of fused-ring (bicyclic) bond motifs is 3. The highest BCUT2D eigenvalue weighted by molar-refractivity contribution is 6.06. The average molecular weight is 537 g/mol. The van der Waals surface area contributed by atoms with Crippen LogP contribution in [0.3, 0.4) is 0 Å². The van der Waals surface area contributed by atoms with Crippen molar-refractivity contribution in [2.45, 2.75) is 31.8 Å². The summed E-state index contributed by atoms with van der Waals surface area (Å²) in [6, 6.07) is 21.5. The number of nitrogens with zero attached hydrogens (tertiary/aromatic N) is 2. The second kappa shape index (κ2) is 10.7. The molecule has 0 radical (unpaired) electrons. The molecule has 3 aromatic rings. The SMILES string of the molecule is CCOC(=O)[C@@]1(C#N)[C@H](c2ccc(OC)cc2)[C@@H](C(=O)c2ccc(OC(C)=O)cc2)N2c3ccccc3C=C[C@@H]21. The highest BCUT2D eigenvalue weighted by atomic mass is 16.5. The molecule has 4 atom stereocenters. The number of ketones is 1. The second-order valence-corrected chi connectivity index (χ2v) is 9.65. The number of rotatable bonds is 7. The summed E-state index contributed by atoms with van der Waals surface area (Å²) in [6.07, 6.45) is 3.70. The molecule has 2 heterocycles. The van der Waals surface area contributed by atoms with Gasteiger partial charge in [0.25, 0.3) is 0 Å². The van der Waals surface area contributed by atoms with E-state index in [1.165, 1.54) is 6.92 Å². The number of hydrogen-bond acceptors (Lipinski definition) is 8. The van der Waals surface area contributed by atoms with Gasteiger partial charge in [0, 0.05) is 24.1 Å². The Labute approximate surface area is 232 Å². The number of methoxy groups -OCH3 is 1. The lowest BCUT2D eigenvalue weighted by molar-refractivity contribution is -0.152. The average Bonchev–Trinajstić information content (AvgIpc) is 3.29. The van der Waals surface area contributed by atoms with Crippen molar-refractivity contribution in [2.24, 2.45) is 5.41 Å². The van der Waals surface area contributed by atoms with E-state index in [1.54, 1.807) is 62.6 Å². The minimum Gasteiger partial charge on any atom is -0.497 e. The summed E-state index contributed by atoms with van der Waals surface area (Å²) in [5.74, 6) is -1.41. The van der Waals surface area contributed by atoms with Gasteiger partial charge >= 0.3 is 11.9 Å². The number of para-hydroxylation sites is 1. The summed E-state index contributed by atoms with van der Waals surface area (Å²) < 4.78 is 16.0. The van der Waals surface area contributed by atoms with Gasteiger partial charge in [-0.15, -0.1) is 0 Å². The number of esters is 2. The molecule has 5 rings (SSSR count). The molecule has 0 N–H and O–H groups in total. The second-order valence-electron chi connectivity index (χ2n) is 9.65. The van der Waals surface area contributed by atoms with Crippen LogP contribution in [0.15, 0.2) is 78.9 Å². The van der Waals surface area contributed by atoms with Crippen LogP contribution in [0.25, 0.3) is 6.08 Å². The molecule has 2 aliphatic heterocycles. The van der Waals surface area contributed by atoms with Crippen LogP contribution >= 0.6 is 0 Å². The number of hydrogen-bond donors (Lipinski definition) is 0. The minimum absolute atomic E-state index is 0.0842. The molecule has 2 aliphatic rings. The van der Waals surface area contributed by atoms with E-state index in [9.17, 15) is 19.6 Å². The van der Waals surface area contributed by atoms with Crippen LogP contribution < -0.4 is 14.4 Å². The maximum atomic E-state index is 14.5. The number of ether oxygens (including phenoxy) is 3. The van der Waals surface area contributed by atoms with E-state index in [2.05, 4.69) is 6.07 Å². The fraction of sp³-hybridized carbons (Fsp3) is 0.250. The molecule has 0 aromatic heterocycles. The zero-order valence-corrected chi connectivity index (χ0v) is 22.4. The van der Waals surface area contributed by atoms with Crippen molar-refractivity contribution in [1.82, 2.24) is 0 Å². The molecule has 202 valence electrons. The van der Waals surface area contributed by atoms with E-state index in [-0.39, 0.29) is 12.4 Å². The Morgan fingerprint density at radius 2 is 1.65 bits per heavy atom. The molecule has 0 amide bonds. The predicted octanol–water partition coefficient (Wildman–Crippen LogP) is 4.94. The molecule has 8 nitrogen and oxygen atoms in total. The van der Waals surface area contributed by atoms with Crippen molar-refractivity contribution < 1.29 is 28.6 Å². The first-order chi connectivity index (χ1) is 19.3. The van der Waals surface area contributed by atoms with Gasteiger partial charge < -0.3 is 19.1 Å². The van der Waals surface area contributed by atoms with Gasteiger partial charge in [0.1, 0.15) is 17.5 Å². The van der Waals surface area contributed by atoms with Crippen LogP contribution in [0.1, 0.15) is 41.3 Å². The van der Waals surface area contributed by atoms with E-state index in [4.69, 9.17) is 14.2 Å². The first-order valence-corrected chi connectivity index (χ1v) is 13.0. The number of Topliss-reactive ketones (excluding diaryl/α,β-unsaturated/α-hetero) is 1. The Morgan fingerprint density at radius 3 is 2.27 bits per heavy atom. The topological polar surface area (TPSA) is 106 Å². The van der Waals surface area contributed by atoms with Crippen molar-refractivity contribution in [3.05, 3.63) is 95.6 Å². The highest BCUT2D eigenvalue weighted by Crippen LogP contribution is 2.56. The van der Waals surface area contributed by atoms with Crippen molar-refractivity contribution in [2.75, 3.05) is 18.6 Å². The molecule has 0 aliphatic carbocycles. The summed E-state index contributed by atoms with van der Waals surface area (Å²) in [5.41, 5.74) is 0.859. The first-order valence-electron chi connectivity index (χ1n) is 13.0. The summed E-state index contributed by atoms with van der Waals surface area (Å²) in [7, 11) is 1.55. The third-order valence-corrected chi connectivity index (χ3v) is 7.49. The maximum absolute atomic E-state index is 14.5. The van der Waals surface area contributed by atoms with Crippen molar-refractivity contribution in [3.8, 4) is 17.6 Å². The molecule has 1 fully saturated rings. The van der Waals surface area contributed by atoms with Crippen LogP contribution in [-0.4, -0.2) is 43.5 Å². The number of anilines is 1. The van der Waals surface area contributed by atoms with E-state index in [0.717, 1.165) is 11.3 Å². The van der Waals surface area contributed by atoms with Gasteiger partial charge in [0.15, 0.2) is 11.2 Å². The molecule has 0 spiro atoms. The van der Waals surface area contributed by atoms with Gasteiger partial charge in [-0.2, -0.15) is 5.26 Å². The fourth-order valence-corrected chi connectivity index (χ4v) is 5.83. The third-order valence-electron chi connectivity index (χ3n) is 7.49. The Kier molecular flexibility index (Phi) is 7.14. The zero-order valence-electron chi connectivity index (χ0n) is 22.4. The van der Waals surface area contributed by atoms with Crippen molar-refractivity contribution in [1.29, 1.82) is 5.26 Å². The molecule has 0 saturated carbocycles. The fourth-order valence-electron chi connectivity index (χ4n) is 5.83. The summed E-state index contributed by atoms with van der Waals surface area (Å²) in [5, 5.41) is 10.8. The van der Waals surface area contributed by atoms with Gasteiger partial charge in [-0.25, -0.2) is 0 Å². The smallest absolute Gasteiger partial charge is 0.329 e. The largest absolute Gasteiger partial charge is 0.497 e. The molecule has 3 aromatic carbocycles. The molecule has 40 heavy (non-hydrogen) atoms. The molecule has 1 saturated heterocycles. The summed E-state index contributed by atoms with van der Waals surface area (Å²) in [4.78, 5) is 41.6. The van der Waals surface area contributed by atoms with Crippen LogP contribution in [0.5, 0.6) is 11.5 Å². The van der Waals surface area contributed by atoms with E-state index < -0.39 is 35.4 Å². The van der Waals surface area contributed by atoms with E-state index in [0.29, 0.717) is 22.6 Å². The van der Waals surface area contributed by atoms with Crippen LogP contribution in [-0.2, 0) is 14.3 Å². The number of carbonyl (C=O) groups is 3. The predicted molar refractivity (Wildman–Crippen MR) is 148 cm³/mol. The van der Waals surface area contributed by atoms with Crippen molar-refractivity contribution >= 4 is 29.5 Å². The van der Waals surface area contributed by atoms with Crippen LogP contribution in [0.4, 0.5) is 5.69 Å². The van der Waals surface area contributed by atoms with Gasteiger partial charge in [0.05, 0.1) is 25.8 Å². The lowest BCUT2D eigenvalue weighted by Gasteiger charge is -2.36. The third kappa shape index (κ3) is 4.30. The van der Waals surface area contributed by atoms with E-state index in [1.807, 2.05) is 41.3 Å². The maximum Gasteiger partial charge on any atom is 0.329 e. The Hall–Kier alpha value is -4.90. The molecular formula is C32H28N2O6. The number of carbonyl (C=O) groups excluding carboxylic acids is 3. The normalized spacial score (nSPS) is 22.4. The van der Waals surface area contributed by atoms with Gasteiger partial charge in [-0.05, 0) is 60.5 Å². The quantitative estimate of drug-likeness (QED) is 0.237. The summed E-state index contributed by atoms with van der Waals surface area (Å²) in [6.45, 7) is 3.08. The highest BCUT2D eigenvalue weighted by Gasteiger charge is 2.67.